The highest BCUT2D eigenvalue weighted by Crippen LogP contribution is 2.34. The van der Waals surface area contributed by atoms with Crippen LogP contribution in [0.5, 0.6) is 5.75 Å². The van der Waals surface area contributed by atoms with E-state index in [2.05, 4.69) is 14.7 Å². The zero-order valence-electron chi connectivity index (χ0n) is 13.9. The maximum absolute atomic E-state index is 14.1. The number of aliphatic imine (C=N–C) groups is 1. The van der Waals surface area contributed by atoms with Gasteiger partial charge in [-0.05, 0) is 36.0 Å². The molecule has 3 aromatic rings. The number of halogens is 5. The predicted molar refractivity (Wildman–Crippen MR) is 97.1 cm³/mol. The lowest BCUT2D eigenvalue weighted by Gasteiger charge is -2.07. The number of thiazole rings is 1. The number of hydrogen-bond donors (Lipinski definition) is 0. The van der Waals surface area contributed by atoms with E-state index in [1.165, 1.54) is 19.1 Å². The van der Waals surface area contributed by atoms with Crippen molar-refractivity contribution in [3.05, 3.63) is 53.6 Å². The molecular weight excluding hydrogens is 423 g/mol. The second-order valence-corrected chi connectivity index (χ2v) is 7.46. The summed E-state index contributed by atoms with van der Waals surface area (Å²) in [6, 6.07) is 6.73. The number of alkyl halides is 3. The minimum Gasteiger partial charge on any atom is -0.406 e. The van der Waals surface area contributed by atoms with Gasteiger partial charge < -0.3 is 4.74 Å². The summed E-state index contributed by atoms with van der Waals surface area (Å²) >= 11 is 1.40. The summed E-state index contributed by atoms with van der Waals surface area (Å²) < 4.78 is 69.4. The van der Waals surface area contributed by atoms with Crippen LogP contribution in [0.2, 0.25) is 0 Å². The average molecular weight is 432 g/mol. The molecule has 0 unspecified atom stereocenters. The Hall–Kier alpha value is -2.53. The Labute approximate surface area is 163 Å². The zero-order valence-corrected chi connectivity index (χ0v) is 15.5. The highest BCUT2D eigenvalue weighted by Gasteiger charge is 2.31. The summed E-state index contributed by atoms with van der Waals surface area (Å²) in [6.45, 7) is 1.21. The Balaban J connectivity index is 2.05. The van der Waals surface area contributed by atoms with Crippen molar-refractivity contribution < 1.29 is 31.5 Å². The molecule has 4 nitrogen and oxygen atoms in total. The van der Waals surface area contributed by atoms with Gasteiger partial charge in [-0.3, -0.25) is 4.79 Å². The van der Waals surface area contributed by atoms with Crippen molar-refractivity contribution in [2.45, 2.75) is 13.3 Å². The zero-order chi connectivity index (χ0) is 20.5. The Kier molecular flexibility index (Phi) is 5.66. The third-order valence-corrected chi connectivity index (χ3v) is 4.88. The molecular formula is C17H9F5N2O2S2. The first-order chi connectivity index (χ1) is 13.1. The van der Waals surface area contributed by atoms with Crippen LogP contribution in [0.4, 0.5) is 27.1 Å². The summed E-state index contributed by atoms with van der Waals surface area (Å²) in [6.07, 6.45) is -4.84. The third kappa shape index (κ3) is 4.84. The van der Waals surface area contributed by atoms with Crippen LogP contribution in [0, 0.1) is 11.6 Å². The van der Waals surface area contributed by atoms with Crippen molar-refractivity contribution in [1.82, 2.24) is 4.98 Å². The van der Waals surface area contributed by atoms with Crippen molar-refractivity contribution in [2.75, 3.05) is 0 Å². The lowest BCUT2D eigenvalue weighted by Crippen LogP contribution is -2.16. The van der Waals surface area contributed by atoms with E-state index in [0.717, 1.165) is 35.6 Å². The molecule has 146 valence electrons. The Morgan fingerprint density at radius 1 is 1.18 bits per heavy atom. The molecule has 0 saturated carbocycles. The molecule has 0 aliphatic carbocycles. The van der Waals surface area contributed by atoms with Crippen LogP contribution in [0.15, 0.2) is 41.4 Å². The standard InChI is InChI=1S/C17H9F5N2O2S2/c1-8(25)27-15(14-10(18)3-2-4-11(14)19)24-16-23-12-6-5-9(7-13(12)28-16)26-17(20,21)22/h2-7H,1H3. The highest BCUT2D eigenvalue weighted by molar-refractivity contribution is 8.26. The molecule has 0 bridgehead atoms. The molecule has 0 aliphatic rings. The van der Waals surface area contributed by atoms with Crippen molar-refractivity contribution in [2.24, 2.45) is 4.99 Å². The van der Waals surface area contributed by atoms with Crippen LogP contribution in [-0.4, -0.2) is 21.5 Å². The van der Waals surface area contributed by atoms with Gasteiger partial charge >= 0.3 is 6.36 Å². The molecule has 11 heteroatoms. The van der Waals surface area contributed by atoms with Gasteiger partial charge in [0.2, 0.25) is 5.13 Å². The Morgan fingerprint density at radius 3 is 2.46 bits per heavy atom. The van der Waals surface area contributed by atoms with E-state index >= 15 is 0 Å². The summed E-state index contributed by atoms with van der Waals surface area (Å²) in [5, 5.41) is -0.678. The van der Waals surface area contributed by atoms with Gasteiger partial charge in [0.15, 0.2) is 5.12 Å². The number of ether oxygens (including phenoxy) is 1. The van der Waals surface area contributed by atoms with Crippen LogP contribution in [0.25, 0.3) is 10.2 Å². The van der Waals surface area contributed by atoms with Crippen molar-refractivity contribution in [1.29, 1.82) is 0 Å². The van der Waals surface area contributed by atoms with Gasteiger partial charge in [-0.15, -0.1) is 13.2 Å². The maximum atomic E-state index is 14.1. The summed E-state index contributed by atoms with van der Waals surface area (Å²) in [5.74, 6) is -2.25. The van der Waals surface area contributed by atoms with Crippen molar-refractivity contribution in [3.63, 3.8) is 0 Å². The fourth-order valence-electron chi connectivity index (χ4n) is 2.19. The minimum absolute atomic E-state index is 0.0190. The molecule has 0 N–H and O–H groups in total. The van der Waals surface area contributed by atoms with Gasteiger partial charge in [-0.25, -0.2) is 18.8 Å². The van der Waals surface area contributed by atoms with Crippen LogP contribution < -0.4 is 4.74 Å². The number of carbonyl (C=O) groups excluding carboxylic acids is 1. The fourth-order valence-corrected chi connectivity index (χ4v) is 3.82. The van der Waals surface area contributed by atoms with E-state index in [0.29, 0.717) is 22.0 Å². The largest absolute Gasteiger partial charge is 0.573 e. The van der Waals surface area contributed by atoms with Gasteiger partial charge in [0.25, 0.3) is 0 Å². The fraction of sp³-hybridized carbons (Fsp3) is 0.118. The van der Waals surface area contributed by atoms with E-state index < -0.39 is 34.4 Å². The number of rotatable bonds is 3. The van der Waals surface area contributed by atoms with Gasteiger partial charge in [0.05, 0.1) is 15.8 Å². The molecule has 0 saturated heterocycles. The van der Waals surface area contributed by atoms with Crippen molar-refractivity contribution in [3.8, 4) is 5.75 Å². The normalized spacial score (nSPS) is 12.4. The van der Waals surface area contributed by atoms with Crippen LogP contribution in [-0.2, 0) is 4.79 Å². The Bertz CT molecular complexity index is 1060. The summed E-state index contributed by atoms with van der Waals surface area (Å²) in [5.41, 5.74) is -0.164. The number of thioether (sulfide) groups is 1. The first-order valence-corrected chi connectivity index (χ1v) is 9.13. The van der Waals surface area contributed by atoms with Gasteiger partial charge in [-0.2, -0.15) is 0 Å². The number of hydrogen-bond acceptors (Lipinski definition) is 6. The first-order valence-electron chi connectivity index (χ1n) is 7.50. The number of aromatic nitrogens is 1. The third-order valence-electron chi connectivity index (χ3n) is 3.20. The lowest BCUT2D eigenvalue weighted by molar-refractivity contribution is -0.274. The summed E-state index contributed by atoms with van der Waals surface area (Å²) in [7, 11) is 0. The van der Waals surface area contributed by atoms with Gasteiger partial charge in [0, 0.05) is 13.0 Å². The number of carbonyl (C=O) groups is 1. The first kappa shape index (κ1) is 20.2. The molecule has 1 heterocycles. The molecule has 2 aromatic carbocycles. The van der Waals surface area contributed by atoms with E-state index in [9.17, 15) is 26.7 Å². The van der Waals surface area contributed by atoms with Crippen LogP contribution >= 0.6 is 23.1 Å². The van der Waals surface area contributed by atoms with Gasteiger partial charge in [-0.1, -0.05) is 17.4 Å². The molecule has 0 radical (unpaired) electrons. The second-order valence-electron chi connectivity index (χ2n) is 5.28. The molecule has 0 spiro atoms. The summed E-state index contributed by atoms with van der Waals surface area (Å²) in [4.78, 5) is 19.6. The second kappa shape index (κ2) is 7.84. The maximum Gasteiger partial charge on any atom is 0.573 e. The van der Waals surface area contributed by atoms with Gasteiger partial charge in [0.1, 0.15) is 22.4 Å². The minimum atomic E-state index is -4.84. The quantitative estimate of drug-likeness (QED) is 0.297. The predicted octanol–water partition coefficient (Wildman–Crippen LogP) is 5.83. The topological polar surface area (TPSA) is 51.5 Å². The van der Waals surface area contributed by atoms with Crippen LogP contribution in [0.3, 0.4) is 0 Å². The molecule has 0 aliphatic heterocycles. The molecule has 0 amide bonds. The SMILES string of the molecule is CC(=O)SC(=Nc1nc2ccc(OC(F)(F)F)cc2s1)c1c(F)cccc1F. The monoisotopic (exact) mass is 432 g/mol. The van der Waals surface area contributed by atoms with Crippen molar-refractivity contribution >= 4 is 48.6 Å². The molecule has 28 heavy (non-hydrogen) atoms. The lowest BCUT2D eigenvalue weighted by atomic mass is 10.2. The Morgan fingerprint density at radius 2 is 1.86 bits per heavy atom. The molecule has 1 aromatic heterocycles. The number of nitrogens with zero attached hydrogens (tertiary/aromatic N) is 2. The number of fused-ring (bicyclic) bond motifs is 1. The number of benzene rings is 2. The van der Waals surface area contributed by atoms with E-state index in [4.69, 9.17) is 0 Å². The molecule has 0 fully saturated rings. The van der Waals surface area contributed by atoms with E-state index in [1.807, 2.05) is 0 Å². The van der Waals surface area contributed by atoms with Crippen LogP contribution in [0.1, 0.15) is 12.5 Å². The smallest absolute Gasteiger partial charge is 0.406 e. The highest BCUT2D eigenvalue weighted by atomic mass is 32.2. The van der Waals surface area contributed by atoms with E-state index in [1.54, 1.807) is 0 Å². The molecule has 0 atom stereocenters. The van der Waals surface area contributed by atoms with E-state index in [-0.39, 0.29) is 10.2 Å². The average Bonchev–Trinajstić information content (AvgIpc) is 2.94. The molecule has 3 rings (SSSR count).